The second-order valence-electron chi connectivity index (χ2n) is 5.04. The molecule has 0 fully saturated rings. The molecule has 0 bridgehead atoms. The molecule has 18 heavy (non-hydrogen) atoms. The average molecular weight is 241 g/mol. The standard InChI is InChI=1S/C15H19N3/c1-11(14-9-10-16-18-14)17-15-8-4-6-12-5-2-3-7-13(12)15/h2-3,5,7,9-11,15,17H,4,6,8H2,1H3,(H,16,18). The van der Waals surface area contributed by atoms with Crippen LogP contribution in [0.4, 0.5) is 0 Å². The van der Waals surface area contributed by atoms with E-state index in [-0.39, 0.29) is 0 Å². The third-order valence-electron chi connectivity index (χ3n) is 3.81. The van der Waals surface area contributed by atoms with Crippen LogP contribution < -0.4 is 5.32 Å². The first-order valence-corrected chi connectivity index (χ1v) is 6.68. The maximum atomic E-state index is 4.02. The number of fused-ring (bicyclic) bond motifs is 1. The van der Waals surface area contributed by atoms with Gasteiger partial charge in [-0.25, -0.2) is 0 Å². The van der Waals surface area contributed by atoms with E-state index in [4.69, 9.17) is 0 Å². The molecular weight excluding hydrogens is 222 g/mol. The minimum absolute atomic E-state index is 0.309. The zero-order valence-corrected chi connectivity index (χ0v) is 10.7. The highest BCUT2D eigenvalue weighted by molar-refractivity contribution is 5.32. The summed E-state index contributed by atoms with van der Waals surface area (Å²) in [7, 11) is 0. The second kappa shape index (κ2) is 4.94. The van der Waals surface area contributed by atoms with Gasteiger partial charge in [-0.05, 0) is 43.4 Å². The molecule has 1 aromatic carbocycles. The molecule has 3 rings (SSSR count). The predicted molar refractivity (Wildman–Crippen MR) is 72.3 cm³/mol. The number of aryl methyl sites for hydroxylation is 1. The molecule has 2 unspecified atom stereocenters. The minimum atomic E-state index is 0.309. The lowest BCUT2D eigenvalue weighted by molar-refractivity contribution is 0.411. The first-order valence-electron chi connectivity index (χ1n) is 6.68. The molecular formula is C15H19N3. The Hall–Kier alpha value is -1.61. The molecule has 3 nitrogen and oxygen atoms in total. The van der Waals surface area contributed by atoms with Crippen molar-refractivity contribution in [3.8, 4) is 0 Å². The Morgan fingerprint density at radius 3 is 3.06 bits per heavy atom. The van der Waals surface area contributed by atoms with Crippen LogP contribution in [0.1, 0.15) is 48.7 Å². The molecule has 2 atom stereocenters. The monoisotopic (exact) mass is 241 g/mol. The summed E-state index contributed by atoms with van der Waals surface area (Å²) in [6, 6.07) is 11.6. The smallest absolute Gasteiger partial charge is 0.0518 e. The molecule has 2 N–H and O–H groups in total. The Bertz CT molecular complexity index is 504. The van der Waals surface area contributed by atoms with Gasteiger partial charge in [0.1, 0.15) is 0 Å². The van der Waals surface area contributed by atoms with Crippen LogP contribution in [0.2, 0.25) is 0 Å². The van der Waals surface area contributed by atoms with Crippen LogP contribution in [0.3, 0.4) is 0 Å². The van der Waals surface area contributed by atoms with Crippen molar-refractivity contribution in [3.63, 3.8) is 0 Å². The number of aromatic amines is 1. The number of hydrogen-bond donors (Lipinski definition) is 2. The highest BCUT2D eigenvalue weighted by Gasteiger charge is 2.21. The maximum Gasteiger partial charge on any atom is 0.0518 e. The van der Waals surface area contributed by atoms with Crippen LogP contribution in [-0.2, 0) is 6.42 Å². The molecule has 0 saturated carbocycles. The normalized spacial score (nSPS) is 20.4. The van der Waals surface area contributed by atoms with Gasteiger partial charge < -0.3 is 5.32 Å². The molecule has 1 aliphatic carbocycles. The van der Waals surface area contributed by atoms with Crippen molar-refractivity contribution >= 4 is 0 Å². The van der Waals surface area contributed by atoms with Gasteiger partial charge in [-0.1, -0.05) is 24.3 Å². The Labute approximate surface area is 108 Å². The summed E-state index contributed by atoms with van der Waals surface area (Å²) in [4.78, 5) is 0. The zero-order chi connectivity index (χ0) is 12.4. The Kier molecular flexibility index (Phi) is 3.15. The number of nitrogens with zero attached hydrogens (tertiary/aromatic N) is 1. The van der Waals surface area contributed by atoms with Crippen molar-refractivity contribution in [2.24, 2.45) is 0 Å². The van der Waals surface area contributed by atoms with Crippen LogP contribution >= 0.6 is 0 Å². The Balaban J connectivity index is 1.78. The number of aromatic nitrogens is 2. The van der Waals surface area contributed by atoms with Crippen molar-refractivity contribution < 1.29 is 0 Å². The number of hydrogen-bond acceptors (Lipinski definition) is 2. The largest absolute Gasteiger partial charge is 0.302 e. The minimum Gasteiger partial charge on any atom is -0.302 e. The van der Waals surface area contributed by atoms with E-state index in [0.29, 0.717) is 12.1 Å². The van der Waals surface area contributed by atoms with E-state index in [1.165, 1.54) is 30.4 Å². The Morgan fingerprint density at radius 2 is 2.22 bits per heavy atom. The van der Waals surface area contributed by atoms with Crippen molar-refractivity contribution in [3.05, 3.63) is 53.3 Å². The van der Waals surface area contributed by atoms with Gasteiger partial charge in [0.25, 0.3) is 0 Å². The first-order chi connectivity index (χ1) is 8.84. The molecule has 0 spiro atoms. The lowest BCUT2D eigenvalue weighted by Gasteiger charge is -2.28. The summed E-state index contributed by atoms with van der Waals surface area (Å²) >= 11 is 0. The van der Waals surface area contributed by atoms with E-state index in [0.717, 1.165) is 5.69 Å². The van der Waals surface area contributed by atoms with Crippen LogP contribution in [-0.4, -0.2) is 10.2 Å². The van der Waals surface area contributed by atoms with Gasteiger partial charge in [-0.2, -0.15) is 5.10 Å². The summed E-state index contributed by atoms with van der Waals surface area (Å²) in [5, 5.41) is 10.8. The molecule has 0 amide bonds. The van der Waals surface area contributed by atoms with Crippen molar-refractivity contribution in [1.29, 1.82) is 0 Å². The highest BCUT2D eigenvalue weighted by atomic mass is 15.1. The van der Waals surface area contributed by atoms with E-state index in [1.807, 2.05) is 12.3 Å². The topological polar surface area (TPSA) is 40.7 Å². The second-order valence-corrected chi connectivity index (χ2v) is 5.04. The summed E-state index contributed by atoms with van der Waals surface area (Å²) in [5.41, 5.74) is 4.12. The number of rotatable bonds is 3. The number of H-pyrrole nitrogens is 1. The third kappa shape index (κ3) is 2.18. The van der Waals surface area contributed by atoms with Crippen molar-refractivity contribution in [2.45, 2.75) is 38.3 Å². The summed E-state index contributed by atoms with van der Waals surface area (Å²) in [5.74, 6) is 0. The molecule has 3 heteroatoms. The molecule has 1 heterocycles. The van der Waals surface area contributed by atoms with Crippen molar-refractivity contribution in [2.75, 3.05) is 0 Å². The van der Waals surface area contributed by atoms with Crippen LogP contribution in [0.5, 0.6) is 0 Å². The average Bonchev–Trinajstić information content (AvgIpc) is 2.93. The molecule has 0 aliphatic heterocycles. The fourth-order valence-corrected chi connectivity index (χ4v) is 2.83. The first kappa shape index (κ1) is 11.5. The van der Waals surface area contributed by atoms with Gasteiger partial charge in [0.15, 0.2) is 0 Å². The van der Waals surface area contributed by atoms with Gasteiger partial charge in [0, 0.05) is 18.3 Å². The maximum absolute atomic E-state index is 4.02. The van der Waals surface area contributed by atoms with Crippen LogP contribution in [0.25, 0.3) is 0 Å². The molecule has 1 aliphatic rings. The number of nitrogens with one attached hydrogen (secondary N) is 2. The molecule has 2 aromatic rings. The van der Waals surface area contributed by atoms with Gasteiger partial charge in [-0.3, -0.25) is 5.10 Å². The SMILES string of the molecule is CC(NC1CCCc2ccccc21)c1ccn[nH]1. The number of benzene rings is 1. The molecule has 0 radical (unpaired) electrons. The van der Waals surface area contributed by atoms with Crippen LogP contribution in [0.15, 0.2) is 36.5 Å². The van der Waals surface area contributed by atoms with Crippen LogP contribution in [0, 0.1) is 0 Å². The predicted octanol–water partition coefficient (Wildman–Crippen LogP) is 3.14. The van der Waals surface area contributed by atoms with Gasteiger partial charge in [-0.15, -0.1) is 0 Å². The third-order valence-corrected chi connectivity index (χ3v) is 3.81. The van der Waals surface area contributed by atoms with E-state index in [2.05, 4.69) is 46.7 Å². The lowest BCUT2D eigenvalue weighted by Crippen LogP contribution is -2.28. The fourth-order valence-electron chi connectivity index (χ4n) is 2.83. The zero-order valence-electron chi connectivity index (χ0n) is 10.7. The molecule has 94 valence electrons. The van der Waals surface area contributed by atoms with Crippen molar-refractivity contribution in [1.82, 2.24) is 15.5 Å². The van der Waals surface area contributed by atoms with Gasteiger partial charge in [0.05, 0.1) is 5.69 Å². The summed E-state index contributed by atoms with van der Waals surface area (Å²) < 4.78 is 0. The lowest BCUT2D eigenvalue weighted by atomic mass is 9.87. The van der Waals surface area contributed by atoms with E-state index in [9.17, 15) is 0 Å². The van der Waals surface area contributed by atoms with Gasteiger partial charge in [0.2, 0.25) is 0 Å². The summed E-state index contributed by atoms with van der Waals surface area (Å²) in [6.45, 7) is 2.19. The molecule has 0 saturated heterocycles. The fraction of sp³-hybridized carbons (Fsp3) is 0.400. The van der Waals surface area contributed by atoms with E-state index >= 15 is 0 Å². The summed E-state index contributed by atoms with van der Waals surface area (Å²) in [6.07, 6.45) is 5.51. The molecule has 1 aromatic heterocycles. The Morgan fingerprint density at radius 1 is 1.33 bits per heavy atom. The van der Waals surface area contributed by atoms with Gasteiger partial charge >= 0.3 is 0 Å². The van der Waals surface area contributed by atoms with E-state index < -0.39 is 0 Å². The highest BCUT2D eigenvalue weighted by Crippen LogP contribution is 2.31. The van der Waals surface area contributed by atoms with E-state index in [1.54, 1.807) is 0 Å². The quantitative estimate of drug-likeness (QED) is 0.866.